The van der Waals surface area contributed by atoms with Crippen LogP contribution in [0.15, 0.2) is 18.2 Å². The Kier molecular flexibility index (Phi) is 4.15. The summed E-state index contributed by atoms with van der Waals surface area (Å²) >= 11 is 0. The van der Waals surface area contributed by atoms with Gasteiger partial charge in [0.25, 0.3) is 11.6 Å². The van der Waals surface area contributed by atoms with Crippen molar-refractivity contribution in [3.63, 3.8) is 0 Å². The van der Waals surface area contributed by atoms with Crippen LogP contribution < -0.4 is 0 Å². The molecule has 1 aliphatic rings. The number of likely N-dealkylation sites (tertiary alicyclic amines) is 1. The highest BCUT2D eigenvalue weighted by atomic mass is 19.1. The molecule has 0 radical (unpaired) electrons. The Morgan fingerprint density at radius 3 is 2.76 bits per heavy atom. The molecule has 1 N–H and O–H groups in total. The number of carboxylic acids is 1. The molecule has 21 heavy (non-hydrogen) atoms. The molecule has 1 atom stereocenters. The number of nitro benzene ring substituents is 1. The first kappa shape index (κ1) is 14.9. The number of benzene rings is 1. The van der Waals surface area contributed by atoms with Crippen molar-refractivity contribution in [2.24, 2.45) is 5.92 Å². The third-order valence-corrected chi connectivity index (χ3v) is 3.44. The van der Waals surface area contributed by atoms with Crippen LogP contribution in [-0.2, 0) is 4.79 Å². The molecule has 2 rings (SSSR count). The van der Waals surface area contributed by atoms with E-state index in [9.17, 15) is 24.1 Å². The molecule has 1 heterocycles. The Balaban J connectivity index is 2.28. The topological polar surface area (TPSA) is 101 Å². The van der Waals surface area contributed by atoms with Gasteiger partial charge in [0, 0.05) is 13.1 Å². The van der Waals surface area contributed by atoms with Crippen LogP contribution in [0.2, 0.25) is 0 Å². The third kappa shape index (κ3) is 3.15. The number of carbonyl (C=O) groups excluding carboxylic acids is 1. The summed E-state index contributed by atoms with van der Waals surface area (Å²) in [5.41, 5.74) is -0.843. The van der Waals surface area contributed by atoms with Crippen molar-refractivity contribution in [3.05, 3.63) is 39.7 Å². The summed E-state index contributed by atoms with van der Waals surface area (Å²) < 4.78 is 13.1. The lowest BCUT2D eigenvalue weighted by Crippen LogP contribution is -2.42. The summed E-state index contributed by atoms with van der Waals surface area (Å²) in [6, 6.07) is 2.71. The molecule has 0 unspecified atom stereocenters. The van der Waals surface area contributed by atoms with Gasteiger partial charge in [-0.2, -0.15) is 0 Å². The second-order valence-corrected chi connectivity index (χ2v) is 4.85. The normalized spacial score (nSPS) is 18.3. The van der Waals surface area contributed by atoms with E-state index in [4.69, 9.17) is 5.11 Å². The highest BCUT2D eigenvalue weighted by molar-refractivity contribution is 5.98. The standard InChI is InChI=1S/C13H13FN2O5/c14-9-3-4-10(11(6-9)16(20)21)12(17)15-5-1-2-8(7-15)13(18)19/h3-4,6,8H,1-2,5,7H2,(H,18,19)/t8-/m0/s1. The van der Waals surface area contributed by atoms with Gasteiger partial charge in [-0.1, -0.05) is 0 Å². The van der Waals surface area contributed by atoms with E-state index in [0.29, 0.717) is 25.5 Å². The quantitative estimate of drug-likeness (QED) is 0.675. The minimum absolute atomic E-state index is 0.00268. The van der Waals surface area contributed by atoms with E-state index in [1.165, 1.54) is 4.90 Å². The van der Waals surface area contributed by atoms with E-state index >= 15 is 0 Å². The number of rotatable bonds is 3. The smallest absolute Gasteiger partial charge is 0.308 e. The molecule has 1 fully saturated rings. The van der Waals surface area contributed by atoms with Gasteiger partial charge < -0.3 is 10.0 Å². The first-order valence-corrected chi connectivity index (χ1v) is 6.36. The maximum absolute atomic E-state index is 13.1. The number of nitrogens with zero attached hydrogens (tertiary/aromatic N) is 2. The Bertz CT molecular complexity index is 604. The zero-order chi connectivity index (χ0) is 15.6. The molecule has 0 aliphatic carbocycles. The van der Waals surface area contributed by atoms with Gasteiger partial charge in [0.05, 0.1) is 16.9 Å². The summed E-state index contributed by atoms with van der Waals surface area (Å²) in [4.78, 5) is 34.6. The van der Waals surface area contributed by atoms with Gasteiger partial charge in [-0.15, -0.1) is 0 Å². The zero-order valence-electron chi connectivity index (χ0n) is 11.0. The van der Waals surface area contributed by atoms with Crippen LogP contribution in [0.3, 0.4) is 0 Å². The fourth-order valence-corrected chi connectivity index (χ4v) is 2.37. The molecule has 0 spiro atoms. The lowest BCUT2D eigenvalue weighted by atomic mass is 9.97. The van der Waals surface area contributed by atoms with Crippen molar-refractivity contribution in [2.45, 2.75) is 12.8 Å². The van der Waals surface area contributed by atoms with Crippen LogP contribution in [-0.4, -0.2) is 39.9 Å². The second kappa shape index (κ2) is 5.86. The predicted octanol–water partition coefficient (Wildman–Crippen LogP) is 1.67. The van der Waals surface area contributed by atoms with E-state index in [-0.39, 0.29) is 12.1 Å². The van der Waals surface area contributed by atoms with Crippen molar-refractivity contribution < 1.29 is 24.0 Å². The van der Waals surface area contributed by atoms with Crippen molar-refractivity contribution >= 4 is 17.6 Å². The fraction of sp³-hybridized carbons (Fsp3) is 0.385. The summed E-state index contributed by atoms with van der Waals surface area (Å²) in [7, 11) is 0. The molecule has 1 amide bonds. The minimum Gasteiger partial charge on any atom is -0.481 e. The number of hydrogen-bond acceptors (Lipinski definition) is 4. The lowest BCUT2D eigenvalue weighted by Gasteiger charge is -2.30. The molecular weight excluding hydrogens is 283 g/mol. The van der Waals surface area contributed by atoms with E-state index in [2.05, 4.69) is 0 Å². The molecule has 0 aromatic heterocycles. The lowest BCUT2D eigenvalue weighted by molar-refractivity contribution is -0.385. The van der Waals surface area contributed by atoms with E-state index in [0.717, 1.165) is 12.1 Å². The number of nitro groups is 1. The molecule has 0 saturated carbocycles. The summed E-state index contributed by atoms with van der Waals surface area (Å²) in [5, 5.41) is 19.9. The maximum Gasteiger partial charge on any atom is 0.308 e. The predicted molar refractivity (Wildman–Crippen MR) is 69.3 cm³/mol. The van der Waals surface area contributed by atoms with E-state index in [1.807, 2.05) is 0 Å². The average molecular weight is 296 g/mol. The van der Waals surface area contributed by atoms with Crippen LogP contribution in [0.25, 0.3) is 0 Å². The number of piperidine rings is 1. The molecule has 8 heteroatoms. The number of carbonyl (C=O) groups is 2. The SMILES string of the molecule is O=C(O)[C@H]1CCCN(C(=O)c2ccc(F)cc2[N+](=O)[O-])C1. The number of carboxylic acid groups (broad SMARTS) is 1. The monoisotopic (exact) mass is 296 g/mol. The first-order chi connectivity index (χ1) is 9.90. The Morgan fingerprint density at radius 2 is 2.14 bits per heavy atom. The molecule has 1 aromatic rings. The van der Waals surface area contributed by atoms with Gasteiger partial charge in [0.2, 0.25) is 0 Å². The van der Waals surface area contributed by atoms with E-state index in [1.54, 1.807) is 0 Å². The Labute approximate surface area is 119 Å². The van der Waals surface area contributed by atoms with Crippen LogP contribution in [0.5, 0.6) is 0 Å². The van der Waals surface area contributed by atoms with Gasteiger partial charge in [0.1, 0.15) is 11.4 Å². The van der Waals surface area contributed by atoms with E-state index < -0.39 is 34.2 Å². The molecule has 112 valence electrons. The Morgan fingerprint density at radius 1 is 1.43 bits per heavy atom. The largest absolute Gasteiger partial charge is 0.481 e. The highest BCUT2D eigenvalue weighted by Crippen LogP contribution is 2.24. The van der Waals surface area contributed by atoms with Gasteiger partial charge in [-0.3, -0.25) is 19.7 Å². The van der Waals surface area contributed by atoms with Gasteiger partial charge in [-0.05, 0) is 25.0 Å². The number of amides is 1. The van der Waals surface area contributed by atoms with Gasteiger partial charge in [0.15, 0.2) is 0 Å². The Hall–Kier alpha value is -2.51. The highest BCUT2D eigenvalue weighted by Gasteiger charge is 2.31. The summed E-state index contributed by atoms with van der Waals surface area (Å²) in [6.45, 7) is 0.333. The number of aliphatic carboxylic acids is 1. The molecule has 1 aliphatic heterocycles. The first-order valence-electron chi connectivity index (χ1n) is 6.36. The second-order valence-electron chi connectivity index (χ2n) is 4.85. The zero-order valence-corrected chi connectivity index (χ0v) is 11.0. The molecule has 0 bridgehead atoms. The van der Waals surface area contributed by atoms with Crippen LogP contribution in [0.4, 0.5) is 10.1 Å². The van der Waals surface area contributed by atoms with Crippen LogP contribution in [0.1, 0.15) is 23.2 Å². The van der Waals surface area contributed by atoms with Gasteiger partial charge in [-0.25, -0.2) is 4.39 Å². The number of halogens is 1. The van der Waals surface area contributed by atoms with Gasteiger partial charge >= 0.3 is 5.97 Å². The minimum atomic E-state index is -0.999. The summed E-state index contributed by atoms with van der Waals surface area (Å²) in [6.07, 6.45) is 0.975. The van der Waals surface area contributed by atoms with Crippen LogP contribution in [0, 0.1) is 21.8 Å². The molecule has 1 aromatic carbocycles. The fourth-order valence-electron chi connectivity index (χ4n) is 2.37. The van der Waals surface area contributed by atoms with Crippen molar-refractivity contribution in [1.82, 2.24) is 4.90 Å². The molecular formula is C13H13FN2O5. The van der Waals surface area contributed by atoms with Crippen molar-refractivity contribution in [3.8, 4) is 0 Å². The van der Waals surface area contributed by atoms with Crippen LogP contribution >= 0.6 is 0 Å². The summed E-state index contributed by atoms with van der Waals surface area (Å²) in [5.74, 6) is -3.13. The number of hydrogen-bond donors (Lipinski definition) is 1. The molecule has 7 nitrogen and oxygen atoms in total. The van der Waals surface area contributed by atoms with Crippen molar-refractivity contribution in [1.29, 1.82) is 0 Å². The maximum atomic E-state index is 13.1. The third-order valence-electron chi connectivity index (χ3n) is 3.44. The molecule has 1 saturated heterocycles. The van der Waals surface area contributed by atoms with Crippen molar-refractivity contribution in [2.75, 3.05) is 13.1 Å². The average Bonchev–Trinajstić information content (AvgIpc) is 2.46.